The third-order valence-electron chi connectivity index (χ3n) is 2.03. The van der Waals surface area contributed by atoms with E-state index in [2.05, 4.69) is 14.8 Å². The summed E-state index contributed by atoms with van der Waals surface area (Å²) >= 11 is 0. The maximum atomic E-state index is 11.2. The van der Waals surface area contributed by atoms with Crippen molar-refractivity contribution in [3.63, 3.8) is 0 Å². The van der Waals surface area contributed by atoms with Gasteiger partial charge in [0.05, 0.1) is 18.8 Å². The number of fused-ring (bicyclic) bond motifs is 1. The van der Waals surface area contributed by atoms with Gasteiger partial charge in [-0.1, -0.05) is 0 Å². The highest BCUT2D eigenvalue weighted by Crippen LogP contribution is 2.12. The van der Waals surface area contributed by atoms with Crippen molar-refractivity contribution in [2.45, 2.75) is 0 Å². The molecule has 0 aromatic carbocycles. The highest BCUT2D eigenvalue weighted by molar-refractivity contribution is 5.91. The first-order chi connectivity index (χ1) is 6.72. The number of nitrogens with zero attached hydrogens (tertiary/aromatic N) is 3. The first-order valence-electron chi connectivity index (χ1n) is 4.08. The first kappa shape index (κ1) is 8.68. The molecule has 0 aliphatic heterocycles. The summed E-state index contributed by atoms with van der Waals surface area (Å²) in [5.41, 5.74) is 1.16. The van der Waals surface area contributed by atoms with E-state index in [0.29, 0.717) is 5.69 Å². The molecule has 5 nitrogen and oxygen atoms in total. The van der Waals surface area contributed by atoms with E-state index >= 15 is 0 Å². The van der Waals surface area contributed by atoms with Crippen molar-refractivity contribution in [3.8, 4) is 0 Å². The normalized spacial score (nSPS) is 10.4. The number of ether oxygens (including phenoxy) is 1. The molecule has 0 unspecified atom stereocenters. The molecule has 0 fully saturated rings. The van der Waals surface area contributed by atoms with Gasteiger partial charge in [0.1, 0.15) is 0 Å². The minimum atomic E-state index is -0.437. The van der Waals surface area contributed by atoms with Gasteiger partial charge >= 0.3 is 5.97 Å². The van der Waals surface area contributed by atoms with Crippen LogP contribution in [-0.4, -0.2) is 27.8 Å². The van der Waals surface area contributed by atoms with Crippen molar-refractivity contribution >= 4 is 16.9 Å². The number of rotatable bonds is 1. The van der Waals surface area contributed by atoms with Gasteiger partial charge in [-0.25, -0.2) is 9.78 Å². The van der Waals surface area contributed by atoms with Gasteiger partial charge in [-0.2, -0.15) is 5.10 Å². The Morgan fingerprint density at radius 3 is 3.00 bits per heavy atom. The molecular weight excluding hydrogens is 182 g/mol. The SMILES string of the molecule is COC(=O)c1cc2c(cn1)cnn2C. The molecule has 72 valence electrons. The van der Waals surface area contributed by atoms with Crippen LogP contribution in [0.4, 0.5) is 0 Å². The van der Waals surface area contributed by atoms with Crippen molar-refractivity contribution in [1.82, 2.24) is 14.8 Å². The molecule has 0 amide bonds. The van der Waals surface area contributed by atoms with Crippen molar-refractivity contribution in [1.29, 1.82) is 0 Å². The predicted molar refractivity (Wildman–Crippen MR) is 49.8 cm³/mol. The fourth-order valence-corrected chi connectivity index (χ4v) is 1.26. The Hall–Kier alpha value is -1.91. The number of aryl methyl sites for hydroxylation is 1. The monoisotopic (exact) mass is 191 g/mol. The summed E-state index contributed by atoms with van der Waals surface area (Å²) in [6.45, 7) is 0. The summed E-state index contributed by atoms with van der Waals surface area (Å²) in [5.74, 6) is -0.437. The summed E-state index contributed by atoms with van der Waals surface area (Å²) in [4.78, 5) is 15.1. The lowest BCUT2D eigenvalue weighted by molar-refractivity contribution is 0.0594. The number of aromatic nitrogens is 3. The van der Waals surface area contributed by atoms with E-state index in [1.165, 1.54) is 7.11 Å². The van der Waals surface area contributed by atoms with E-state index in [9.17, 15) is 4.79 Å². The summed E-state index contributed by atoms with van der Waals surface area (Å²) in [6, 6.07) is 1.66. The zero-order chi connectivity index (χ0) is 10.1. The van der Waals surface area contributed by atoms with E-state index < -0.39 is 5.97 Å². The molecule has 0 spiro atoms. The molecule has 0 atom stereocenters. The first-order valence-corrected chi connectivity index (χ1v) is 4.08. The molecule has 2 aromatic rings. The van der Waals surface area contributed by atoms with Gasteiger partial charge in [-0.3, -0.25) is 4.68 Å². The molecule has 2 heterocycles. The van der Waals surface area contributed by atoms with Crippen LogP contribution in [0, 0.1) is 0 Å². The number of hydrogen-bond donors (Lipinski definition) is 0. The quantitative estimate of drug-likeness (QED) is 0.624. The van der Waals surface area contributed by atoms with Crippen LogP contribution in [0.1, 0.15) is 10.5 Å². The van der Waals surface area contributed by atoms with Gasteiger partial charge in [-0.05, 0) is 6.07 Å². The van der Waals surface area contributed by atoms with Crippen LogP contribution in [0.2, 0.25) is 0 Å². The van der Waals surface area contributed by atoms with E-state index in [-0.39, 0.29) is 0 Å². The Kier molecular flexibility index (Phi) is 1.92. The van der Waals surface area contributed by atoms with Crippen LogP contribution in [0.25, 0.3) is 10.9 Å². The maximum Gasteiger partial charge on any atom is 0.356 e. The van der Waals surface area contributed by atoms with Crippen molar-refractivity contribution in [2.75, 3.05) is 7.11 Å². The molecule has 0 radical (unpaired) electrons. The number of carbonyl (C=O) groups is 1. The molecule has 0 N–H and O–H groups in total. The van der Waals surface area contributed by atoms with Gasteiger partial charge in [0.2, 0.25) is 0 Å². The second-order valence-electron chi connectivity index (χ2n) is 2.89. The Morgan fingerprint density at radius 1 is 1.50 bits per heavy atom. The summed E-state index contributed by atoms with van der Waals surface area (Å²) in [5, 5.41) is 4.95. The summed E-state index contributed by atoms with van der Waals surface area (Å²) in [7, 11) is 3.14. The van der Waals surface area contributed by atoms with Crippen LogP contribution in [0.3, 0.4) is 0 Å². The number of methoxy groups -OCH3 is 1. The van der Waals surface area contributed by atoms with Gasteiger partial charge in [0.15, 0.2) is 5.69 Å². The fraction of sp³-hybridized carbons (Fsp3) is 0.222. The lowest BCUT2D eigenvalue weighted by Gasteiger charge is -1.98. The number of esters is 1. The molecular formula is C9H9N3O2. The Balaban J connectivity index is 2.60. The molecule has 0 aliphatic rings. The van der Waals surface area contributed by atoms with Crippen molar-refractivity contribution in [2.24, 2.45) is 7.05 Å². The highest BCUT2D eigenvalue weighted by Gasteiger charge is 2.09. The Labute approximate surface area is 80.3 Å². The lowest BCUT2D eigenvalue weighted by Crippen LogP contribution is -2.04. The molecule has 5 heteroatoms. The maximum absolute atomic E-state index is 11.2. The summed E-state index contributed by atoms with van der Waals surface area (Å²) in [6.07, 6.45) is 3.30. The second-order valence-corrected chi connectivity index (χ2v) is 2.89. The predicted octanol–water partition coefficient (Wildman–Crippen LogP) is 0.755. The topological polar surface area (TPSA) is 57.0 Å². The standard InChI is InChI=1S/C9H9N3O2/c1-12-8-3-7(9(13)14-2)10-4-6(8)5-11-12/h3-5H,1-2H3. The lowest BCUT2D eigenvalue weighted by atomic mass is 10.3. The smallest absolute Gasteiger partial charge is 0.356 e. The zero-order valence-corrected chi connectivity index (χ0v) is 7.89. The molecule has 0 bridgehead atoms. The highest BCUT2D eigenvalue weighted by atomic mass is 16.5. The Morgan fingerprint density at radius 2 is 2.29 bits per heavy atom. The molecule has 0 aliphatic carbocycles. The van der Waals surface area contributed by atoms with Crippen LogP contribution >= 0.6 is 0 Å². The van der Waals surface area contributed by atoms with E-state index in [1.807, 2.05) is 7.05 Å². The summed E-state index contributed by atoms with van der Waals surface area (Å²) < 4.78 is 6.25. The largest absolute Gasteiger partial charge is 0.464 e. The van der Waals surface area contributed by atoms with Gasteiger partial charge in [0, 0.05) is 18.6 Å². The number of pyridine rings is 1. The van der Waals surface area contributed by atoms with E-state index in [0.717, 1.165) is 10.9 Å². The molecule has 2 rings (SSSR count). The minimum Gasteiger partial charge on any atom is -0.464 e. The van der Waals surface area contributed by atoms with Gasteiger partial charge in [-0.15, -0.1) is 0 Å². The van der Waals surface area contributed by atoms with Gasteiger partial charge < -0.3 is 4.74 Å². The second kappa shape index (κ2) is 3.10. The number of carbonyl (C=O) groups excluding carboxylic acids is 1. The van der Waals surface area contributed by atoms with Crippen LogP contribution in [0.15, 0.2) is 18.5 Å². The third kappa shape index (κ3) is 1.22. The third-order valence-corrected chi connectivity index (χ3v) is 2.03. The van der Waals surface area contributed by atoms with Crippen molar-refractivity contribution < 1.29 is 9.53 Å². The Bertz CT molecular complexity index is 490. The minimum absolute atomic E-state index is 0.295. The van der Waals surface area contributed by atoms with Crippen molar-refractivity contribution in [3.05, 3.63) is 24.2 Å². The molecule has 2 aromatic heterocycles. The van der Waals surface area contributed by atoms with Crippen LogP contribution in [-0.2, 0) is 11.8 Å². The molecule has 0 saturated heterocycles. The zero-order valence-electron chi connectivity index (χ0n) is 7.89. The molecule has 14 heavy (non-hydrogen) atoms. The van der Waals surface area contributed by atoms with E-state index in [1.54, 1.807) is 23.1 Å². The average molecular weight is 191 g/mol. The van der Waals surface area contributed by atoms with Crippen LogP contribution < -0.4 is 0 Å². The van der Waals surface area contributed by atoms with Gasteiger partial charge in [0.25, 0.3) is 0 Å². The molecule has 0 saturated carbocycles. The van der Waals surface area contributed by atoms with E-state index in [4.69, 9.17) is 0 Å². The average Bonchev–Trinajstić information content (AvgIpc) is 2.59. The van der Waals surface area contributed by atoms with Crippen LogP contribution in [0.5, 0.6) is 0 Å². The fourth-order valence-electron chi connectivity index (χ4n) is 1.26. The number of hydrogen-bond acceptors (Lipinski definition) is 4.